The minimum absolute atomic E-state index is 0.548. The molecule has 1 unspecified atom stereocenters. The zero-order chi connectivity index (χ0) is 13.6. The van der Waals surface area contributed by atoms with Crippen LogP contribution in [0.2, 0.25) is 0 Å². The molecule has 4 heteroatoms. The van der Waals surface area contributed by atoms with Crippen LogP contribution in [-0.2, 0) is 0 Å². The van der Waals surface area contributed by atoms with Crippen molar-refractivity contribution in [2.45, 2.75) is 45.3 Å². The lowest BCUT2D eigenvalue weighted by atomic mass is 9.92. The molecule has 1 aromatic carbocycles. The molecule has 0 amide bonds. The van der Waals surface area contributed by atoms with Gasteiger partial charge in [0.05, 0.1) is 0 Å². The second-order valence-corrected chi connectivity index (χ2v) is 5.45. The molecular weight excluding hydrogens is 228 g/mol. The molecule has 98 valence electrons. The van der Waals surface area contributed by atoms with Crippen LogP contribution in [0.3, 0.4) is 0 Å². The van der Waals surface area contributed by atoms with Gasteiger partial charge in [0.1, 0.15) is 5.54 Å². The predicted octanol–water partition coefficient (Wildman–Crippen LogP) is 2.60. The van der Waals surface area contributed by atoms with Gasteiger partial charge in [0, 0.05) is 18.9 Å². The third kappa shape index (κ3) is 1.56. The molecule has 1 N–H and O–H groups in total. The summed E-state index contributed by atoms with van der Waals surface area (Å²) in [6.07, 6.45) is 0.548. The second-order valence-electron chi connectivity index (χ2n) is 5.45. The Hall–Kier alpha value is -1.39. The highest BCUT2D eigenvalue weighted by atomic mass is 16.6. The van der Waals surface area contributed by atoms with Gasteiger partial charge in [-0.25, -0.2) is 0 Å². The van der Waals surface area contributed by atoms with Crippen LogP contribution >= 0.6 is 0 Å². The van der Waals surface area contributed by atoms with Crippen molar-refractivity contribution in [2.24, 2.45) is 0 Å². The highest BCUT2D eigenvalue weighted by Gasteiger charge is 2.58. The van der Waals surface area contributed by atoms with Crippen LogP contribution in [0.4, 0.5) is 0 Å². The van der Waals surface area contributed by atoms with E-state index < -0.39 is 11.2 Å². The first kappa shape index (κ1) is 13.1. The van der Waals surface area contributed by atoms with Gasteiger partial charge in [0.15, 0.2) is 0 Å². The molecular formula is C14H20N2O2. The molecule has 0 bridgehead atoms. The summed E-state index contributed by atoms with van der Waals surface area (Å²) in [5.74, 6) is 0. The van der Waals surface area contributed by atoms with Gasteiger partial charge >= 0.3 is 0 Å². The highest BCUT2D eigenvalue weighted by Crippen LogP contribution is 2.36. The number of hydroxylamine groups is 3. The molecule has 1 heterocycles. The summed E-state index contributed by atoms with van der Waals surface area (Å²) in [5, 5.41) is 24.1. The number of rotatable bonds is 2. The van der Waals surface area contributed by atoms with Crippen LogP contribution in [-0.4, -0.2) is 31.9 Å². The molecule has 0 fully saturated rings. The van der Waals surface area contributed by atoms with Crippen LogP contribution in [0.1, 0.15) is 39.7 Å². The summed E-state index contributed by atoms with van der Waals surface area (Å²) in [6.45, 7) is 7.39. The second kappa shape index (κ2) is 4.07. The summed E-state index contributed by atoms with van der Waals surface area (Å²) in [7, 11) is 0. The average molecular weight is 248 g/mol. The van der Waals surface area contributed by atoms with Crippen molar-refractivity contribution in [3.63, 3.8) is 0 Å². The SMILES string of the molecule is CCC1(C)N(O)C(C)(C)C(c2ccccc2)=[N+]1[O-]. The number of hydrogen-bond acceptors (Lipinski definition) is 3. The molecule has 4 nitrogen and oxygen atoms in total. The predicted molar refractivity (Wildman–Crippen MR) is 70.6 cm³/mol. The normalized spacial score (nSPS) is 27.8. The van der Waals surface area contributed by atoms with E-state index in [1.165, 1.54) is 5.06 Å². The Morgan fingerprint density at radius 3 is 2.22 bits per heavy atom. The van der Waals surface area contributed by atoms with Crippen LogP contribution in [0.5, 0.6) is 0 Å². The van der Waals surface area contributed by atoms with E-state index in [1.54, 1.807) is 6.92 Å². The van der Waals surface area contributed by atoms with E-state index in [0.29, 0.717) is 12.1 Å². The zero-order valence-corrected chi connectivity index (χ0v) is 11.3. The first-order chi connectivity index (χ1) is 8.35. The fraction of sp³-hybridized carbons (Fsp3) is 0.500. The molecule has 0 radical (unpaired) electrons. The van der Waals surface area contributed by atoms with Crippen molar-refractivity contribution in [3.05, 3.63) is 41.1 Å². The van der Waals surface area contributed by atoms with Crippen LogP contribution in [0, 0.1) is 5.21 Å². The Morgan fingerprint density at radius 1 is 1.22 bits per heavy atom. The molecule has 1 aliphatic heterocycles. The van der Waals surface area contributed by atoms with Crippen LogP contribution < -0.4 is 0 Å². The maximum Gasteiger partial charge on any atom is 0.248 e. The Kier molecular flexibility index (Phi) is 2.95. The van der Waals surface area contributed by atoms with Crippen molar-refractivity contribution < 1.29 is 9.95 Å². The van der Waals surface area contributed by atoms with Crippen molar-refractivity contribution >= 4 is 5.71 Å². The number of hydrogen-bond donors (Lipinski definition) is 1. The summed E-state index contributed by atoms with van der Waals surface area (Å²) in [4.78, 5) is 0. The van der Waals surface area contributed by atoms with Gasteiger partial charge in [-0.2, -0.15) is 4.74 Å². The van der Waals surface area contributed by atoms with E-state index in [4.69, 9.17) is 0 Å². The molecule has 0 aliphatic carbocycles. The Labute approximate surface area is 108 Å². The minimum Gasteiger partial charge on any atom is -0.622 e. The quantitative estimate of drug-likeness (QED) is 0.646. The Bertz CT molecular complexity index is 482. The lowest BCUT2D eigenvalue weighted by molar-refractivity contribution is -0.586. The minimum atomic E-state index is -0.908. The Balaban J connectivity index is 2.64. The molecule has 1 atom stereocenters. The smallest absolute Gasteiger partial charge is 0.248 e. The fourth-order valence-corrected chi connectivity index (χ4v) is 2.64. The van der Waals surface area contributed by atoms with Crippen molar-refractivity contribution in [1.29, 1.82) is 0 Å². The lowest BCUT2D eigenvalue weighted by Crippen LogP contribution is -2.52. The maximum absolute atomic E-state index is 12.6. The van der Waals surface area contributed by atoms with E-state index in [2.05, 4.69) is 0 Å². The van der Waals surface area contributed by atoms with Crippen molar-refractivity contribution in [2.75, 3.05) is 0 Å². The van der Waals surface area contributed by atoms with Crippen molar-refractivity contribution in [1.82, 2.24) is 5.06 Å². The molecule has 1 aliphatic rings. The monoisotopic (exact) mass is 248 g/mol. The van der Waals surface area contributed by atoms with Gasteiger partial charge in [-0.1, -0.05) is 25.1 Å². The van der Waals surface area contributed by atoms with Crippen LogP contribution in [0.25, 0.3) is 0 Å². The first-order valence-electron chi connectivity index (χ1n) is 6.25. The molecule has 0 saturated heterocycles. The van der Waals surface area contributed by atoms with Gasteiger partial charge in [-0.3, -0.25) is 0 Å². The number of nitrogens with zero attached hydrogens (tertiary/aromatic N) is 2. The molecule has 18 heavy (non-hydrogen) atoms. The molecule has 2 rings (SSSR count). The largest absolute Gasteiger partial charge is 0.622 e. The van der Waals surface area contributed by atoms with E-state index in [1.807, 2.05) is 51.1 Å². The first-order valence-corrected chi connectivity index (χ1v) is 6.25. The van der Waals surface area contributed by atoms with Gasteiger partial charge in [-0.15, -0.1) is 5.06 Å². The number of benzene rings is 1. The van der Waals surface area contributed by atoms with E-state index >= 15 is 0 Å². The third-order valence-corrected chi connectivity index (χ3v) is 3.92. The molecule has 0 saturated carbocycles. The maximum atomic E-state index is 12.6. The zero-order valence-electron chi connectivity index (χ0n) is 11.3. The summed E-state index contributed by atoms with van der Waals surface area (Å²) in [5.41, 5.74) is -0.147. The van der Waals surface area contributed by atoms with Gasteiger partial charge in [0.2, 0.25) is 11.4 Å². The highest BCUT2D eigenvalue weighted by molar-refractivity contribution is 6.04. The van der Waals surface area contributed by atoms with Gasteiger partial charge in [0.25, 0.3) is 0 Å². The topological polar surface area (TPSA) is 49.5 Å². The van der Waals surface area contributed by atoms with E-state index in [0.717, 1.165) is 10.3 Å². The fourth-order valence-electron chi connectivity index (χ4n) is 2.64. The summed E-state index contributed by atoms with van der Waals surface area (Å²) in [6, 6.07) is 9.51. The van der Waals surface area contributed by atoms with Gasteiger partial charge in [-0.05, 0) is 26.0 Å². The Morgan fingerprint density at radius 2 is 1.78 bits per heavy atom. The molecule has 1 aromatic rings. The van der Waals surface area contributed by atoms with E-state index in [-0.39, 0.29) is 0 Å². The summed E-state index contributed by atoms with van der Waals surface area (Å²) >= 11 is 0. The summed E-state index contributed by atoms with van der Waals surface area (Å²) < 4.78 is 0.947. The lowest BCUT2D eigenvalue weighted by Gasteiger charge is -2.32. The van der Waals surface area contributed by atoms with Gasteiger partial charge < -0.3 is 10.4 Å². The molecule has 0 aromatic heterocycles. The van der Waals surface area contributed by atoms with Crippen LogP contribution in [0.15, 0.2) is 30.3 Å². The third-order valence-electron chi connectivity index (χ3n) is 3.92. The molecule has 0 spiro atoms. The van der Waals surface area contributed by atoms with E-state index in [9.17, 15) is 10.4 Å². The average Bonchev–Trinajstić information content (AvgIpc) is 2.50. The standard InChI is InChI=1S/C14H20N2O2/c1-5-14(4)15(17)12(13(2,3)16(14)18)11-9-7-6-8-10-11/h6-10,18H,5H2,1-4H3. The van der Waals surface area contributed by atoms with Crippen molar-refractivity contribution in [3.8, 4) is 0 Å².